The van der Waals surface area contributed by atoms with Crippen molar-refractivity contribution in [1.29, 1.82) is 0 Å². The fourth-order valence-electron chi connectivity index (χ4n) is 0.731. The number of benzene rings is 1. The minimum Gasteiger partial charge on any atom is -0.494 e. The van der Waals surface area contributed by atoms with Crippen LogP contribution in [0.15, 0.2) is 24.3 Å². The van der Waals surface area contributed by atoms with Crippen molar-refractivity contribution in [2.75, 3.05) is 12.3 Å². The monoisotopic (exact) mass is 197 g/mol. The Morgan fingerprint density at radius 1 is 1.43 bits per heavy atom. The summed E-state index contributed by atoms with van der Waals surface area (Å²) < 4.78 is 5.21. The molecule has 4 nitrogen and oxygen atoms in total. The van der Waals surface area contributed by atoms with Crippen LogP contribution >= 0.6 is 0 Å². The number of nitrogen functional groups attached to an aromatic ring is 1. The smallest absolute Gasteiger partial charge is 0.300 e. The van der Waals surface area contributed by atoms with Gasteiger partial charge in [-0.3, -0.25) is 4.79 Å². The van der Waals surface area contributed by atoms with Crippen LogP contribution in [0.1, 0.15) is 13.8 Å². The molecule has 14 heavy (non-hydrogen) atoms. The lowest BCUT2D eigenvalue weighted by atomic mass is 10.3. The van der Waals surface area contributed by atoms with E-state index >= 15 is 0 Å². The molecule has 0 heterocycles. The van der Waals surface area contributed by atoms with Gasteiger partial charge >= 0.3 is 0 Å². The van der Waals surface area contributed by atoms with Crippen molar-refractivity contribution < 1.29 is 14.6 Å². The Bertz CT molecular complexity index is 265. The third kappa shape index (κ3) is 6.97. The van der Waals surface area contributed by atoms with E-state index in [4.69, 9.17) is 20.4 Å². The molecule has 1 aromatic carbocycles. The zero-order valence-corrected chi connectivity index (χ0v) is 8.36. The van der Waals surface area contributed by atoms with Gasteiger partial charge in [0.15, 0.2) is 0 Å². The fourth-order valence-corrected chi connectivity index (χ4v) is 0.731. The van der Waals surface area contributed by atoms with Crippen molar-refractivity contribution >= 4 is 11.7 Å². The third-order valence-electron chi connectivity index (χ3n) is 1.19. The number of carboxylic acid groups (broad SMARTS) is 1. The van der Waals surface area contributed by atoms with E-state index in [1.165, 1.54) is 0 Å². The number of carboxylic acids is 1. The largest absolute Gasteiger partial charge is 0.494 e. The predicted octanol–water partition coefficient (Wildman–Crippen LogP) is 1.76. The zero-order valence-electron chi connectivity index (χ0n) is 8.36. The second-order valence-corrected chi connectivity index (χ2v) is 2.52. The number of hydrogen-bond acceptors (Lipinski definition) is 3. The van der Waals surface area contributed by atoms with Crippen LogP contribution in [0.4, 0.5) is 5.69 Å². The van der Waals surface area contributed by atoms with Crippen LogP contribution in [0.25, 0.3) is 0 Å². The lowest BCUT2D eigenvalue weighted by Gasteiger charge is -2.01. The van der Waals surface area contributed by atoms with Gasteiger partial charge in [0.25, 0.3) is 5.97 Å². The van der Waals surface area contributed by atoms with E-state index < -0.39 is 5.97 Å². The van der Waals surface area contributed by atoms with Crippen molar-refractivity contribution in [3.8, 4) is 5.75 Å². The first-order valence-corrected chi connectivity index (χ1v) is 4.24. The van der Waals surface area contributed by atoms with Gasteiger partial charge in [-0.05, 0) is 31.2 Å². The van der Waals surface area contributed by atoms with Crippen LogP contribution in [0, 0.1) is 0 Å². The van der Waals surface area contributed by atoms with Crippen LogP contribution in [0.3, 0.4) is 0 Å². The van der Waals surface area contributed by atoms with E-state index in [0.717, 1.165) is 18.4 Å². The molecule has 1 rings (SSSR count). The normalized spacial score (nSPS) is 8.43. The molecule has 0 fully saturated rings. The molecule has 78 valence electrons. The average Bonchev–Trinajstić information content (AvgIpc) is 2.08. The first-order valence-electron chi connectivity index (χ1n) is 4.24. The first kappa shape index (κ1) is 12.3. The van der Waals surface area contributed by atoms with E-state index in [1.54, 1.807) is 0 Å². The fraction of sp³-hybridized carbons (Fsp3) is 0.300. The SMILES string of the molecule is CC(=O)O.CCOc1ccc(N)cc1. The Labute approximate surface area is 83.3 Å². The minimum absolute atomic E-state index is 0.698. The molecule has 0 saturated heterocycles. The maximum atomic E-state index is 9.00. The van der Waals surface area contributed by atoms with E-state index in [9.17, 15) is 0 Å². The van der Waals surface area contributed by atoms with E-state index in [1.807, 2.05) is 31.2 Å². The first-order chi connectivity index (χ1) is 6.56. The lowest BCUT2D eigenvalue weighted by Crippen LogP contribution is -1.91. The number of aliphatic carboxylic acids is 1. The Kier molecular flexibility index (Phi) is 5.94. The third-order valence-corrected chi connectivity index (χ3v) is 1.19. The van der Waals surface area contributed by atoms with Gasteiger partial charge in [0, 0.05) is 12.6 Å². The molecule has 0 spiro atoms. The number of nitrogens with two attached hydrogens (primary N) is 1. The molecule has 0 aromatic heterocycles. The highest BCUT2D eigenvalue weighted by Crippen LogP contribution is 2.12. The number of ether oxygens (including phenoxy) is 1. The highest BCUT2D eigenvalue weighted by molar-refractivity contribution is 5.62. The maximum absolute atomic E-state index is 9.00. The second-order valence-electron chi connectivity index (χ2n) is 2.52. The second kappa shape index (κ2) is 6.77. The number of hydrogen-bond donors (Lipinski definition) is 2. The molecule has 4 heteroatoms. The summed E-state index contributed by atoms with van der Waals surface area (Å²) in [5.41, 5.74) is 6.23. The summed E-state index contributed by atoms with van der Waals surface area (Å²) in [6.07, 6.45) is 0. The Morgan fingerprint density at radius 2 is 1.86 bits per heavy atom. The number of anilines is 1. The van der Waals surface area contributed by atoms with Gasteiger partial charge in [0.2, 0.25) is 0 Å². The maximum Gasteiger partial charge on any atom is 0.300 e. The van der Waals surface area contributed by atoms with Crippen molar-refractivity contribution in [1.82, 2.24) is 0 Å². The van der Waals surface area contributed by atoms with E-state index in [-0.39, 0.29) is 0 Å². The Balaban J connectivity index is 0.000000364. The highest BCUT2D eigenvalue weighted by Gasteiger charge is 1.88. The molecule has 3 N–H and O–H groups in total. The van der Waals surface area contributed by atoms with Gasteiger partial charge in [-0.1, -0.05) is 0 Å². The quantitative estimate of drug-likeness (QED) is 0.708. The summed E-state index contributed by atoms with van der Waals surface area (Å²) in [6.45, 7) is 3.74. The van der Waals surface area contributed by atoms with E-state index in [2.05, 4.69) is 0 Å². The summed E-state index contributed by atoms with van der Waals surface area (Å²) in [7, 11) is 0. The summed E-state index contributed by atoms with van der Waals surface area (Å²) in [5.74, 6) is 0.0386. The van der Waals surface area contributed by atoms with Crippen molar-refractivity contribution in [2.45, 2.75) is 13.8 Å². The van der Waals surface area contributed by atoms with Crippen LogP contribution < -0.4 is 10.5 Å². The molecule has 0 amide bonds. The summed E-state index contributed by atoms with van der Waals surface area (Å²) in [6, 6.07) is 7.37. The molecule has 0 aliphatic carbocycles. The van der Waals surface area contributed by atoms with Crippen LogP contribution in [0.2, 0.25) is 0 Å². The summed E-state index contributed by atoms with van der Waals surface area (Å²) >= 11 is 0. The van der Waals surface area contributed by atoms with Gasteiger partial charge in [0.05, 0.1) is 6.61 Å². The van der Waals surface area contributed by atoms with Crippen LogP contribution in [0.5, 0.6) is 5.75 Å². The zero-order chi connectivity index (χ0) is 11.0. The predicted molar refractivity (Wildman–Crippen MR) is 55.3 cm³/mol. The molecule has 0 aliphatic rings. The molecular weight excluding hydrogens is 182 g/mol. The van der Waals surface area contributed by atoms with Crippen molar-refractivity contribution in [3.63, 3.8) is 0 Å². The van der Waals surface area contributed by atoms with Gasteiger partial charge in [-0.15, -0.1) is 0 Å². The molecule has 0 aliphatic heterocycles. The molecule has 0 bridgehead atoms. The molecule has 0 radical (unpaired) electrons. The van der Waals surface area contributed by atoms with Crippen LogP contribution in [-0.4, -0.2) is 17.7 Å². The molecule has 0 atom stereocenters. The molecular formula is C10H15NO3. The molecule has 0 unspecified atom stereocenters. The van der Waals surface area contributed by atoms with Gasteiger partial charge < -0.3 is 15.6 Å². The lowest BCUT2D eigenvalue weighted by molar-refractivity contribution is -0.134. The molecule has 1 aromatic rings. The summed E-state index contributed by atoms with van der Waals surface area (Å²) in [5, 5.41) is 7.42. The standard InChI is InChI=1S/C8H11NO.C2H4O2/c1-2-10-8-5-3-7(9)4-6-8;1-2(3)4/h3-6H,2,9H2,1H3;1H3,(H,3,4). The van der Waals surface area contributed by atoms with Crippen LogP contribution in [-0.2, 0) is 4.79 Å². The van der Waals surface area contributed by atoms with Gasteiger partial charge in [-0.2, -0.15) is 0 Å². The van der Waals surface area contributed by atoms with E-state index in [0.29, 0.717) is 6.61 Å². The highest BCUT2D eigenvalue weighted by atomic mass is 16.5. The topological polar surface area (TPSA) is 72.5 Å². The molecule has 0 saturated carbocycles. The van der Waals surface area contributed by atoms with Gasteiger partial charge in [0.1, 0.15) is 5.75 Å². The Hall–Kier alpha value is -1.71. The van der Waals surface area contributed by atoms with Crippen molar-refractivity contribution in [3.05, 3.63) is 24.3 Å². The van der Waals surface area contributed by atoms with Crippen molar-refractivity contribution in [2.24, 2.45) is 0 Å². The number of rotatable bonds is 2. The van der Waals surface area contributed by atoms with Gasteiger partial charge in [-0.25, -0.2) is 0 Å². The number of carbonyl (C=O) groups is 1. The Morgan fingerprint density at radius 3 is 2.21 bits per heavy atom. The average molecular weight is 197 g/mol. The summed E-state index contributed by atoms with van der Waals surface area (Å²) in [4.78, 5) is 9.00. The minimum atomic E-state index is -0.833.